The van der Waals surface area contributed by atoms with E-state index in [1.54, 1.807) is 6.20 Å². The van der Waals surface area contributed by atoms with Crippen molar-refractivity contribution in [2.45, 2.75) is 38.0 Å². The summed E-state index contributed by atoms with van der Waals surface area (Å²) >= 11 is 0. The summed E-state index contributed by atoms with van der Waals surface area (Å²) in [5, 5.41) is 18.9. The van der Waals surface area contributed by atoms with E-state index in [1.807, 2.05) is 12.1 Å². The minimum absolute atomic E-state index is 0.237. The fraction of sp³-hybridized carbons (Fsp3) is 0.370. The van der Waals surface area contributed by atoms with Crippen LogP contribution in [0.2, 0.25) is 0 Å². The van der Waals surface area contributed by atoms with Crippen LogP contribution in [0.5, 0.6) is 0 Å². The van der Waals surface area contributed by atoms with Gasteiger partial charge in [0.25, 0.3) is 0 Å². The van der Waals surface area contributed by atoms with Crippen LogP contribution in [0.25, 0.3) is 11.3 Å². The van der Waals surface area contributed by atoms with Gasteiger partial charge in [-0.1, -0.05) is 19.1 Å². The zero-order chi connectivity index (χ0) is 23.3. The Bertz CT molecular complexity index is 1310. The molecule has 0 spiro atoms. The second-order valence-corrected chi connectivity index (χ2v) is 9.91. The highest BCUT2D eigenvalue weighted by Crippen LogP contribution is 2.42. The zero-order valence-electron chi connectivity index (χ0n) is 19.6. The van der Waals surface area contributed by atoms with Gasteiger partial charge < -0.3 is 10.6 Å². The van der Waals surface area contributed by atoms with Gasteiger partial charge in [0.15, 0.2) is 0 Å². The van der Waals surface area contributed by atoms with Gasteiger partial charge in [-0.2, -0.15) is 10.3 Å². The first kappa shape index (κ1) is 21.1. The van der Waals surface area contributed by atoms with E-state index in [4.69, 9.17) is 9.82 Å². The Morgan fingerprint density at radius 1 is 1.18 bits per heavy atom. The molecular weight excluding hydrogens is 424 g/mol. The number of rotatable bonds is 0. The van der Waals surface area contributed by atoms with E-state index in [2.05, 4.69) is 64.9 Å². The van der Waals surface area contributed by atoms with Crippen LogP contribution in [-0.2, 0) is 10.3 Å². The number of benzene rings is 2. The SMILES string of the molecule is Cc1ccc2cc1Nc1nccc(n1)-c1cc(C#N)c3c(c1)[C@](C)(CN3)CON1CCC2CC1. The Balaban J connectivity index is 1.49. The van der Waals surface area contributed by atoms with E-state index in [0.717, 1.165) is 66.2 Å². The molecule has 0 aliphatic carbocycles. The fourth-order valence-corrected chi connectivity index (χ4v) is 5.33. The molecule has 172 valence electrons. The molecule has 8 bridgehead atoms. The molecule has 0 saturated carbocycles. The molecule has 2 aromatic carbocycles. The molecule has 34 heavy (non-hydrogen) atoms. The maximum absolute atomic E-state index is 9.89. The number of nitrogens with one attached hydrogen (secondary N) is 2. The largest absolute Gasteiger partial charge is 0.383 e. The summed E-state index contributed by atoms with van der Waals surface area (Å²) in [6.45, 7) is 7.42. The molecule has 4 aliphatic rings. The van der Waals surface area contributed by atoms with E-state index in [0.29, 0.717) is 24.0 Å². The predicted molar refractivity (Wildman–Crippen MR) is 132 cm³/mol. The van der Waals surface area contributed by atoms with Crippen LogP contribution in [0, 0.1) is 18.3 Å². The van der Waals surface area contributed by atoms with Crippen LogP contribution in [0.15, 0.2) is 42.6 Å². The smallest absolute Gasteiger partial charge is 0.227 e. The van der Waals surface area contributed by atoms with E-state index in [9.17, 15) is 5.26 Å². The van der Waals surface area contributed by atoms with Gasteiger partial charge in [0, 0.05) is 42.5 Å². The van der Waals surface area contributed by atoms with Gasteiger partial charge in [-0.3, -0.25) is 4.84 Å². The van der Waals surface area contributed by atoms with Crippen molar-refractivity contribution in [3.8, 4) is 17.3 Å². The lowest BCUT2D eigenvalue weighted by molar-refractivity contribution is -0.181. The minimum atomic E-state index is -0.237. The zero-order valence-corrected chi connectivity index (χ0v) is 19.6. The number of nitriles is 1. The second-order valence-electron chi connectivity index (χ2n) is 9.91. The van der Waals surface area contributed by atoms with Crippen LogP contribution >= 0.6 is 0 Å². The molecule has 7 nitrogen and oxygen atoms in total. The summed E-state index contributed by atoms with van der Waals surface area (Å²) in [6, 6.07) is 15.0. The number of piperidine rings is 1. The van der Waals surface area contributed by atoms with Crippen molar-refractivity contribution in [1.29, 1.82) is 5.26 Å². The van der Waals surface area contributed by atoms with E-state index in [-0.39, 0.29) is 5.41 Å². The van der Waals surface area contributed by atoms with Crippen molar-refractivity contribution in [3.63, 3.8) is 0 Å². The van der Waals surface area contributed by atoms with Gasteiger partial charge in [0.2, 0.25) is 5.95 Å². The third-order valence-corrected chi connectivity index (χ3v) is 7.51. The Kier molecular flexibility index (Phi) is 5.01. The van der Waals surface area contributed by atoms with Crippen molar-refractivity contribution in [3.05, 3.63) is 64.8 Å². The van der Waals surface area contributed by atoms with Gasteiger partial charge in [0.05, 0.1) is 23.6 Å². The third kappa shape index (κ3) is 3.60. The molecule has 1 fully saturated rings. The number of hydrogen-bond acceptors (Lipinski definition) is 7. The lowest BCUT2D eigenvalue weighted by Crippen LogP contribution is -2.39. The normalized spacial score (nSPS) is 25.1. The van der Waals surface area contributed by atoms with Crippen molar-refractivity contribution in [1.82, 2.24) is 15.0 Å². The highest BCUT2D eigenvalue weighted by Gasteiger charge is 2.38. The van der Waals surface area contributed by atoms with Crippen LogP contribution in [0.3, 0.4) is 0 Å². The molecule has 7 rings (SSSR count). The van der Waals surface area contributed by atoms with Gasteiger partial charge in [-0.05, 0) is 66.6 Å². The van der Waals surface area contributed by atoms with E-state index in [1.165, 1.54) is 5.56 Å². The van der Waals surface area contributed by atoms with Crippen molar-refractivity contribution >= 4 is 17.3 Å². The standard InChI is InChI=1S/C27H28N6O/c1-17-3-4-19-13-24(17)32-26-29-8-5-23(31-26)20-11-21(14-28)25-22(12-20)27(2,15-30-25)16-34-33-9-6-18(19)7-10-33/h3-5,8,11-13,18,30H,6-7,9-10,15-16H2,1-2H3,(H,29,31,32)/t27-/m1/s1. The van der Waals surface area contributed by atoms with E-state index < -0.39 is 0 Å². The second kappa shape index (κ2) is 8.08. The molecule has 1 saturated heterocycles. The van der Waals surface area contributed by atoms with Crippen LogP contribution in [-0.4, -0.2) is 41.3 Å². The molecule has 1 aromatic heterocycles. The number of hydrogen-bond donors (Lipinski definition) is 2. The summed E-state index contributed by atoms with van der Waals surface area (Å²) in [5.74, 6) is 1.06. The summed E-state index contributed by atoms with van der Waals surface area (Å²) in [5.41, 5.74) is 7.63. The van der Waals surface area contributed by atoms with Gasteiger partial charge in [-0.15, -0.1) is 0 Å². The fourth-order valence-electron chi connectivity index (χ4n) is 5.33. The number of nitrogens with zero attached hydrogens (tertiary/aromatic N) is 4. The highest BCUT2D eigenvalue weighted by atomic mass is 16.7. The Morgan fingerprint density at radius 2 is 2.03 bits per heavy atom. The first-order chi connectivity index (χ1) is 16.5. The molecule has 4 aliphatic heterocycles. The lowest BCUT2D eigenvalue weighted by Gasteiger charge is -2.34. The maximum Gasteiger partial charge on any atom is 0.227 e. The third-order valence-electron chi connectivity index (χ3n) is 7.51. The van der Waals surface area contributed by atoms with Gasteiger partial charge in [0.1, 0.15) is 6.07 Å². The summed E-state index contributed by atoms with van der Waals surface area (Å²) in [7, 11) is 0. The van der Waals surface area contributed by atoms with Gasteiger partial charge in [-0.25, -0.2) is 9.97 Å². The Hall–Kier alpha value is -3.47. The average molecular weight is 453 g/mol. The Labute approximate surface area is 199 Å². The predicted octanol–water partition coefficient (Wildman–Crippen LogP) is 4.88. The first-order valence-corrected chi connectivity index (χ1v) is 11.9. The van der Waals surface area contributed by atoms with Crippen molar-refractivity contribution < 1.29 is 4.84 Å². The molecule has 0 radical (unpaired) electrons. The van der Waals surface area contributed by atoms with Gasteiger partial charge >= 0.3 is 0 Å². The lowest BCUT2D eigenvalue weighted by atomic mass is 9.83. The molecule has 7 heteroatoms. The maximum atomic E-state index is 9.89. The number of hydroxylamine groups is 2. The summed E-state index contributed by atoms with van der Waals surface area (Å²) in [6.07, 6.45) is 3.89. The Morgan fingerprint density at radius 3 is 2.85 bits per heavy atom. The summed E-state index contributed by atoms with van der Waals surface area (Å²) < 4.78 is 0. The number of aryl methyl sites for hydroxylation is 1. The van der Waals surface area contributed by atoms with Crippen LogP contribution in [0.1, 0.15) is 47.9 Å². The number of anilines is 3. The topological polar surface area (TPSA) is 86.1 Å². The summed E-state index contributed by atoms with van der Waals surface area (Å²) in [4.78, 5) is 15.7. The molecule has 0 unspecified atom stereocenters. The minimum Gasteiger partial charge on any atom is -0.383 e. The molecule has 2 N–H and O–H groups in total. The first-order valence-electron chi connectivity index (χ1n) is 11.9. The number of aromatic nitrogens is 2. The number of fused-ring (bicyclic) bond motifs is 3. The van der Waals surface area contributed by atoms with Crippen LogP contribution < -0.4 is 10.6 Å². The van der Waals surface area contributed by atoms with Crippen molar-refractivity contribution in [2.24, 2.45) is 0 Å². The van der Waals surface area contributed by atoms with E-state index >= 15 is 0 Å². The molecule has 5 heterocycles. The molecule has 3 aromatic rings. The highest BCUT2D eigenvalue weighted by molar-refractivity contribution is 5.76. The average Bonchev–Trinajstić information content (AvgIpc) is 3.20. The molecule has 0 amide bonds. The molecular formula is C27H28N6O. The van der Waals surface area contributed by atoms with Crippen molar-refractivity contribution in [2.75, 3.05) is 36.9 Å². The quantitative estimate of drug-likeness (QED) is 0.503. The van der Waals surface area contributed by atoms with Crippen LogP contribution in [0.4, 0.5) is 17.3 Å². The molecule has 1 atom stereocenters. The monoisotopic (exact) mass is 452 g/mol.